The van der Waals surface area contributed by atoms with Crippen molar-refractivity contribution in [3.8, 4) is 6.07 Å². The van der Waals surface area contributed by atoms with Crippen LogP contribution < -0.4 is 16.0 Å². The normalized spacial score (nSPS) is 24.1. The molecule has 2 heterocycles. The number of nitriles is 1. The standard InChI is InChI=1S/C23H28N6O2/c1-23(2)11-15(7-8-19(23)30)27-20-14(12-24)13-26-22(29-20)25-10-9-17-16-5-3-4-6-18(16)28-21(17)31/h3-6,13,15,17,19,30H,7-11H2,1-2H3,(H,28,31)(H2,25,26,27,29). The molecule has 2 aromatic rings. The Morgan fingerprint density at radius 2 is 2.13 bits per heavy atom. The van der Waals surface area contributed by atoms with Crippen LogP contribution in [-0.4, -0.2) is 39.7 Å². The van der Waals surface area contributed by atoms with Gasteiger partial charge in [-0.2, -0.15) is 10.2 Å². The minimum absolute atomic E-state index is 0.00760. The zero-order chi connectivity index (χ0) is 22.0. The molecule has 1 aromatic heterocycles. The molecule has 0 radical (unpaired) electrons. The molecule has 2 aliphatic rings. The van der Waals surface area contributed by atoms with Gasteiger partial charge in [-0.1, -0.05) is 32.0 Å². The molecule has 1 amide bonds. The van der Waals surface area contributed by atoms with E-state index in [4.69, 9.17) is 0 Å². The maximum absolute atomic E-state index is 12.3. The Balaban J connectivity index is 1.40. The predicted molar refractivity (Wildman–Crippen MR) is 119 cm³/mol. The maximum Gasteiger partial charge on any atom is 0.232 e. The number of amides is 1. The minimum atomic E-state index is -0.318. The second kappa shape index (κ2) is 8.52. The first-order valence-corrected chi connectivity index (χ1v) is 10.7. The summed E-state index contributed by atoms with van der Waals surface area (Å²) in [5.41, 5.74) is 2.09. The van der Waals surface area contributed by atoms with Gasteiger partial charge < -0.3 is 21.1 Å². The van der Waals surface area contributed by atoms with E-state index < -0.39 is 0 Å². The molecule has 31 heavy (non-hydrogen) atoms. The van der Waals surface area contributed by atoms with Crippen LogP contribution in [0.1, 0.15) is 56.6 Å². The molecule has 1 aliphatic heterocycles. The molecule has 4 N–H and O–H groups in total. The van der Waals surface area contributed by atoms with Crippen molar-refractivity contribution in [3.05, 3.63) is 41.6 Å². The Morgan fingerprint density at radius 3 is 2.90 bits per heavy atom. The summed E-state index contributed by atoms with van der Waals surface area (Å²) in [7, 11) is 0. The number of para-hydroxylation sites is 1. The lowest BCUT2D eigenvalue weighted by molar-refractivity contribution is -0.117. The molecule has 1 fully saturated rings. The first kappa shape index (κ1) is 21.1. The van der Waals surface area contributed by atoms with Gasteiger partial charge in [-0.15, -0.1) is 0 Å². The van der Waals surface area contributed by atoms with E-state index in [0.717, 1.165) is 24.1 Å². The summed E-state index contributed by atoms with van der Waals surface area (Å²) in [6.07, 6.45) is 4.14. The summed E-state index contributed by atoms with van der Waals surface area (Å²) in [5.74, 6) is 0.730. The number of aliphatic hydroxyl groups is 1. The Kier molecular flexibility index (Phi) is 5.79. The lowest BCUT2D eigenvalue weighted by atomic mass is 9.73. The molecular weight excluding hydrogens is 392 g/mol. The molecule has 1 aliphatic carbocycles. The third-order valence-corrected chi connectivity index (χ3v) is 6.34. The summed E-state index contributed by atoms with van der Waals surface area (Å²) < 4.78 is 0. The van der Waals surface area contributed by atoms with Crippen LogP contribution in [0.25, 0.3) is 0 Å². The number of anilines is 3. The number of aliphatic hydroxyl groups excluding tert-OH is 1. The van der Waals surface area contributed by atoms with E-state index in [0.29, 0.717) is 36.7 Å². The van der Waals surface area contributed by atoms with Crippen LogP contribution >= 0.6 is 0 Å². The van der Waals surface area contributed by atoms with E-state index in [1.54, 1.807) is 0 Å². The molecule has 1 aromatic carbocycles. The number of nitrogens with zero attached hydrogens (tertiary/aromatic N) is 3. The van der Waals surface area contributed by atoms with E-state index in [1.165, 1.54) is 6.20 Å². The average Bonchev–Trinajstić information content (AvgIpc) is 3.06. The highest BCUT2D eigenvalue weighted by Crippen LogP contribution is 2.37. The number of aromatic nitrogens is 2. The molecule has 0 saturated heterocycles. The van der Waals surface area contributed by atoms with Crippen molar-refractivity contribution in [2.45, 2.75) is 57.6 Å². The molecule has 4 rings (SSSR count). The molecule has 0 bridgehead atoms. The van der Waals surface area contributed by atoms with Crippen molar-refractivity contribution in [2.24, 2.45) is 5.41 Å². The summed E-state index contributed by atoms with van der Waals surface area (Å²) in [5, 5.41) is 29.1. The number of carbonyl (C=O) groups excluding carboxylic acids is 1. The fourth-order valence-electron chi connectivity index (χ4n) is 4.49. The monoisotopic (exact) mass is 420 g/mol. The average molecular weight is 421 g/mol. The number of benzene rings is 1. The smallest absolute Gasteiger partial charge is 0.232 e. The summed E-state index contributed by atoms with van der Waals surface area (Å²) >= 11 is 0. The van der Waals surface area contributed by atoms with Crippen molar-refractivity contribution in [3.63, 3.8) is 0 Å². The fraction of sp³-hybridized carbons (Fsp3) is 0.478. The van der Waals surface area contributed by atoms with Crippen LogP contribution in [0.15, 0.2) is 30.5 Å². The number of rotatable bonds is 6. The van der Waals surface area contributed by atoms with Gasteiger partial charge >= 0.3 is 0 Å². The first-order chi connectivity index (χ1) is 14.9. The molecule has 0 spiro atoms. The quantitative estimate of drug-likeness (QED) is 0.566. The van der Waals surface area contributed by atoms with Crippen LogP contribution in [0, 0.1) is 16.7 Å². The van der Waals surface area contributed by atoms with Gasteiger partial charge in [0.25, 0.3) is 0 Å². The van der Waals surface area contributed by atoms with Gasteiger partial charge in [0.2, 0.25) is 11.9 Å². The van der Waals surface area contributed by atoms with E-state index in [9.17, 15) is 15.2 Å². The molecule has 3 atom stereocenters. The highest BCUT2D eigenvalue weighted by atomic mass is 16.3. The Hall–Kier alpha value is -3.18. The van der Waals surface area contributed by atoms with E-state index in [1.807, 2.05) is 24.3 Å². The zero-order valence-corrected chi connectivity index (χ0v) is 17.9. The summed E-state index contributed by atoms with van der Waals surface area (Å²) in [6.45, 7) is 4.64. The van der Waals surface area contributed by atoms with E-state index in [2.05, 4.69) is 45.8 Å². The fourth-order valence-corrected chi connectivity index (χ4v) is 4.49. The number of hydrogen-bond donors (Lipinski definition) is 4. The topological polar surface area (TPSA) is 123 Å². The molecule has 3 unspecified atom stereocenters. The SMILES string of the molecule is CC1(C)CC(Nc2nc(NCCC3C(=O)Nc4ccccc43)ncc2C#N)CCC1O. The van der Waals surface area contributed by atoms with Gasteiger partial charge in [-0.05, 0) is 42.7 Å². The molecule has 8 nitrogen and oxygen atoms in total. The van der Waals surface area contributed by atoms with Crippen molar-refractivity contribution in [1.29, 1.82) is 5.26 Å². The van der Waals surface area contributed by atoms with Gasteiger partial charge in [-0.25, -0.2) is 4.98 Å². The largest absolute Gasteiger partial charge is 0.393 e. The summed E-state index contributed by atoms with van der Waals surface area (Å²) in [6, 6.07) is 10.0. The number of fused-ring (bicyclic) bond motifs is 1. The highest BCUT2D eigenvalue weighted by Gasteiger charge is 2.36. The lowest BCUT2D eigenvalue weighted by Crippen LogP contribution is -2.41. The molecular formula is C23H28N6O2. The van der Waals surface area contributed by atoms with Crippen LogP contribution in [0.5, 0.6) is 0 Å². The Labute approximate surface area is 182 Å². The van der Waals surface area contributed by atoms with Gasteiger partial charge in [0.15, 0.2) is 0 Å². The van der Waals surface area contributed by atoms with Crippen molar-refractivity contribution >= 4 is 23.4 Å². The van der Waals surface area contributed by atoms with Gasteiger partial charge in [0, 0.05) is 18.3 Å². The highest BCUT2D eigenvalue weighted by molar-refractivity contribution is 6.02. The third-order valence-electron chi connectivity index (χ3n) is 6.34. The molecule has 8 heteroatoms. The predicted octanol–water partition coefficient (Wildman–Crippen LogP) is 3.24. The number of carbonyl (C=O) groups is 1. The van der Waals surface area contributed by atoms with Crippen LogP contribution in [0.3, 0.4) is 0 Å². The van der Waals surface area contributed by atoms with Gasteiger partial charge in [0.05, 0.1) is 18.2 Å². The van der Waals surface area contributed by atoms with E-state index >= 15 is 0 Å². The number of nitrogens with one attached hydrogen (secondary N) is 3. The second-order valence-electron chi connectivity index (χ2n) is 9.04. The maximum atomic E-state index is 12.3. The molecule has 162 valence electrons. The molecule has 1 saturated carbocycles. The van der Waals surface area contributed by atoms with E-state index in [-0.39, 0.29) is 29.4 Å². The van der Waals surface area contributed by atoms with Gasteiger partial charge in [-0.3, -0.25) is 4.79 Å². The number of hydrogen-bond acceptors (Lipinski definition) is 7. The van der Waals surface area contributed by atoms with Crippen LogP contribution in [-0.2, 0) is 4.79 Å². The summed E-state index contributed by atoms with van der Waals surface area (Å²) in [4.78, 5) is 21.0. The van der Waals surface area contributed by atoms with Crippen molar-refractivity contribution in [1.82, 2.24) is 9.97 Å². The third kappa shape index (κ3) is 4.47. The van der Waals surface area contributed by atoms with Crippen LogP contribution in [0.4, 0.5) is 17.5 Å². The minimum Gasteiger partial charge on any atom is -0.393 e. The first-order valence-electron chi connectivity index (χ1n) is 10.7. The van der Waals surface area contributed by atoms with Crippen LogP contribution in [0.2, 0.25) is 0 Å². The zero-order valence-electron chi connectivity index (χ0n) is 17.9. The van der Waals surface area contributed by atoms with Gasteiger partial charge in [0.1, 0.15) is 17.5 Å². The second-order valence-corrected chi connectivity index (χ2v) is 9.04. The van der Waals surface area contributed by atoms with Crippen molar-refractivity contribution in [2.75, 3.05) is 22.5 Å². The lowest BCUT2D eigenvalue weighted by Gasteiger charge is -2.40. The Morgan fingerprint density at radius 1 is 1.32 bits per heavy atom. The Bertz CT molecular complexity index is 1020. The van der Waals surface area contributed by atoms with Crippen molar-refractivity contribution < 1.29 is 9.90 Å².